The normalized spacial score (nSPS) is 11.3. The fourth-order valence-electron chi connectivity index (χ4n) is 8.22. The average Bonchev–Trinajstić information content (AvgIpc) is 3.21. The zero-order valence-electron chi connectivity index (χ0n) is 31.1. The smallest absolute Gasteiger partial charge is 0.00201 e. The summed E-state index contributed by atoms with van der Waals surface area (Å²) in [7, 11) is 0. The van der Waals surface area contributed by atoms with E-state index in [1.807, 2.05) is 6.08 Å². The molecule has 0 amide bonds. The van der Waals surface area contributed by atoms with Gasteiger partial charge >= 0.3 is 0 Å². The Morgan fingerprint density at radius 1 is 0.453 bits per heavy atom. The topological polar surface area (TPSA) is 0 Å². The largest absolute Gasteiger partial charge is 0.0985 e. The van der Waals surface area contributed by atoms with E-state index in [2.05, 4.69) is 185 Å². The Hall–Kier alpha value is -5.98. The van der Waals surface area contributed by atoms with E-state index in [9.17, 15) is 0 Å². The molecule has 0 heteroatoms. The van der Waals surface area contributed by atoms with Crippen LogP contribution in [0.25, 0.3) is 83.3 Å². The van der Waals surface area contributed by atoms with Gasteiger partial charge in [0.2, 0.25) is 0 Å². The number of hydrogen-bond acceptors (Lipinski definition) is 0. The lowest BCUT2D eigenvalue weighted by molar-refractivity contribution is 0.718. The van der Waals surface area contributed by atoms with Crippen LogP contribution in [0.15, 0.2) is 164 Å². The summed E-state index contributed by atoms with van der Waals surface area (Å²) in [5.41, 5.74) is 17.5. The van der Waals surface area contributed by atoms with Gasteiger partial charge in [-0.2, -0.15) is 0 Å². The standard InChI is InChI=1S/C53H46/c1-5-7-9-18-38-29-32-49-51(34-38)52(41-30-28-37(4)39(6-2)35-41)50-33-36(3)27-31-48(50)53(49)47-26-17-16-25-46(47)45-24-15-14-23-44(45)43-22-13-12-21-42(43)40-19-10-8-11-20-40/h6,8,10-17,19-35H,2,5,7,9,18H2,1,3-4H3. The summed E-state index contributed by atoms with van der Waals surface area (Å²) >= 11 is 0. The van der Waals surface area contributed by atoms with Gasteiger partial charge in [-0.1, -0.05) is 190 Å². The summed E-state index contributed by atoms with van der Waals surface area (Å²) < 4.78 is 0. The Bertz CT molecular complexity index is 2600. The summed E-state index contributed by atoms with van der Waals surface area (Å²) in [6, 6.07) is 58.7. The SMILES string of the molecule is C=Cc1cc(-c2c3cc(C)ccc3c(-c3ccccc3-c3ccccc3-c3ccccc3-c3ccccc3)c3ccc(CCCCC)cc23)ccc1C. The molecule has 0 radical (unpaired) electrons. The van der Waals surface area contributed by atoms with Crippen molar-refractivity contribution in [2.75, 3.05) is 0 Å². The third-order valence-electron chi connectivity index (χ3n) is 10.9. The number of benzene rings is 8. The lowest BCUT2D eigenvalue weighted by Crippen LogP contribution is -1.96. The molecule has 0 aliphatic rings. The molecule has 0 spiro atoms. The molecular weight excluding hydrogens is 637 g/mol. The first-order chi connectivity index (χ1) is 26.1. The van der Waals surface area contributed by atoms with Crippen LogP contribution < -0.4 is 0 Å². The molecule has 258 valence electrons. The summed E-state index contributed by atoms with van der Waals surface area (Å²) in [6.45, 7) is 10.8. The minimum absolute atomic E-state index is 1.08. The number of unbranched alkanes of at least 4 members (excludes halogenated alkanes) is 2. The van der Waals surface area contributed by atoms with Crippen molar-refractivity contribution in [1.82, 2.24) is 0 Å². The van der Waals surface area contributed by atoms with E-state index in [1.165, 1.54) is 119 Å². The zero-order chi connectivity index (χ0) is 36.3. The van der Waals surface area contributed by atoms with Gasteiger partial charge in [-0.05, 0) is 127 Å². The van der Waals surface area contributed by atoms with Crippen LogP contribution in [-0.2, 0) is 6.42 Å². The molecule has 0 aliphatic carbocycles. The lowest BCUT2D eigenvalue weighted by Gasteiger charge is -2.22. The molecule has 0 nitrogen and oxygen atoms in total. The van der Waals surface area contributed by atoms with E-state index in [0.29, 0.717) is 0 Å². The first kappa shape index (κ1) is 34.1. The third-order valence-corrected chi connectivity index (χ3v) is 10.9. The van der Waals surface area contributed by atoms with E-state index >= 15 is 0 Å². The molecule has 0 saturated carbocycles. The van der Waals surface area contributed by atoms with Crippen LogP contribution >= 0.6 is 0 Å². The van der Waals surface area contributed by atoms with Gasteiger partial charge < -0.3 is 0 Å². The predicted octanol–water partition coefficient (Wildman–Crippen LogP) is 15.3. The van der Waals surface area contributed by atoms with Crippen molar-refractivity contribution < 1.29 is 0 Å². The molecule has 0 heterocycles. The van der Waals surface area contributed by atoms with Gasteiger partial charge in [0.05, 0.1) is 0 Å². The first-order valence-corrected chi connectivity index (χ1v) is 19.1. The fraction of sp³-hybridized carbons (Fsp3) is 0.132. The molecule has 0 aromatic heterocycles. The van der Waals surface area contributed by atoms with Crippen LogP contribution in [0.3, 0.4) is 0 Å². The van der Waals surface area contributed by atoms with Gasteiger partial charge in [0.15, 0.2) is 0 Å². The second kappa shape index (κ2) is 14.9. The molecular formula is C53H46. The molecule has 8 aromatic carbocycles. The summed E-state index contributed by atoms with van der Waals surface area (Å²) in [4.78, 5) is 0. The number of rotatable bonds is 10. The Labute approximate surface area is 315 Å². The van der Waals surface area contributed by atoms with Crippen molar-refractivity contribution >= 4 is 27.6 Å². The molecule has 53 heavy (non-hydrogen) atoms. The Morgan fingerprint density at radius 2 is 1.02 bits per heavy atom. The van der Waals surface area contributed by atoms with E-state index < -0.39 is 0 Å². The van der Waals surface area contributed by atoms with E-state index in [1.54, 1.807) is 0 Å². The molecule has 0 atom stereocenters. The highest BCUT2D eigenvalue weighted by Crippen LogP contribution is 2.48. The maximum absolute atomic E-state index is 4.16. The van der Waals surface area contributed by atoms with Crippen molar-refractivity contribution in [1.29, 1.82) is 0 Å². The van der Waals surface area contributed by atoms with Gasteiger partial charge in [-0.15, -0.1) is 0 Å². The van der Waals surface area contributed by atoms with Crippen molar-refractivity contribution in [3.63, 3.8) is 0 Å². The summed E-state index contributed by atoms with van der Waals surface area (Å²) in [5.74, 6) is 0. The second-order valence-corrected chi connectivity index (χ2v) is 14.4. The maximum Gasteiger partial charge on any atom is -0.00201 e. The lowest BCUT2D eigenvalue weighted by atomic mass is 9.81. The van der Waals surface area contributed by atoms with Crippen LogP contribution in [0.1, 0.15) is 48.4 Å². The van der Waals surface area contributed by atoms with Crippen LogP contribution in [0, 0.1) is 13.8 Å². The number of hydrogen-bond donors (Lipinski definition) is 0. The van der Waals surface area contributed by atoms with Gasteiger partial charge in [0, 0.05) is 0 Å². The van der Waals surface area contributed by atoms with Gasteiger partial charge in [0.25, 0.3) is 0 Å². The van der Waals surface area contributed by atoms with Gasteiger partial charge in [-0.25, -0.2) is 0 Å². The molecule has 8 aromatic rings. The van der Waals surface area contributed by atoms with Crippen molar-refractivity contribution in [3.8, 4) is 55.6 Å². The van der Waals surface area contributed by atoms with Gasteiger partial charge in [0.1, 0.15) is 0 Å². The summed E-state index contributed by atoms with van der Waals surface area (Å²) in [5, 5.41) is 5.15. The van der Waals surface area contributed by atoms with Gasteiger partial charge in [-0.3, -0.25) is 0 Å². The highest BCUT2D eigenvalue weighted by molar-refractivity contribution is 6.23. The number of aryl methyl sites for hydroxylation is 3. The Kier molecular flexibility index (Phi) is 9.62. The second-order valence-electron chi connectivity index (χ2n) is 14.4. The van der Waals surface area contributed by atoms with Crippen molar-refractivity contribution in [2.24, 2.45) is 0 Å². The monoisotopic (exact) mass is 682 g/mol. The minimum atomic E-state index is 1.08. The molecule has 8 rings (SSSR count). The van der Waals surface area contributed by atoms with E-state index in [0.717, 1.165) is 6.42 Å². The fourth-order valence-corrected chi connectivity index (χ4v) is 8.22. The maximum atomic E-state index is 4.16. The highest BCUT2D eigenvalue weighted by atomic mass is 14.2. The highest BCUT2D eigenvalue weighted by Gasteiger charge is 2.21. The Balaban J connectivity index is 1.43. The average molecular weight is 683 g/mol. The molecule has 0 saturated heterocycles. The van der Waals surface area contributed by atoms with Crippen molar-refractivity contribution in [3.05, 3.63) is 187 Å². The van der Waals surface area contributed by atoms with Crippen molar-refractivity contribution in [2.45, 2.75) is 46.5 Å². The van der Waals surface area contributed by atoms with Crippen LogP contribution in [0.5, 0.6) is 0 Å². The van der Waals surface area contributed by atoms with E-state index in [4.69, 9.17) is 0 Å². The zero-order valence-corrected chi connectivity index (χ0v) is 31.1. The molecule has 0 unspecified atom stereocenters. The van der Waals surface area contributed by atoms with E-state index in [-0.39, 0.29) is 0 Å². The minimum Gasteiger partial charge on any atom is -0.0985 e. The van der Waals surface area contributed by atoms with Crippen LogP contribution in [0.2, 0.25) is 0 Å². The number of fused-ring (bicyclic) bond motifs is 2. The predicted molar refractivity (Wildman–Crippen MR) is 231 cm³/mol. The molecule has 0 fully saturated rings. The molecule has 0 aliphatic heterocycles. The molecule has 0 N–H and O–H groups in total. The third kappa shape index (κ3) is 6.51. The van der Waals surface area contributed by atoms with Crippen LogP contribution in [0.4, 0.5) is 0 Å². The Morgan fingerprint density at radius 3 is 1.68 bits per heavy atom. The molecule has 0 bridgehead atoms. The first-order valence-electron chi connectivity index (χ1n) is 19.1. The van der Waals surface area contributed by atoms with Crippen LogP contribution in [-0.4, -0.2) is 0 Å². The quantitative estimate of drug-likeness (QED) is 0.0995. The summed E-state index contributed by atoms with van der Waals surface area (Å²) in [6.07, 6.45) is 6.73.